The van der Waals surface area contributed by atoms with E-state index in [0.29, 0.717) is 17.5 Å². The predicted octanol–water partition coefficient (Wildman–Crippen LogP) is 1.88. The molecule has 118 valence electrons. The molecule has 0 aliphatic carbocycles. The van der Waals surface area contributed by atoms with Crippen molar-refractivity contribution in [1.82, 2.24) is 9.62 Å². The molecule has 0 radical (unpaired) electrons. The Kier molecular flexibility index (Phi) is 5.61. The number of sulfonamides is 1. The van der Waals surface area contributed by atoms with E-state index in [1.54, 1.807) is 12.1 Å². The number of rotatable bonds is 7. The number of hydrogen-bond acceptors (Lipinski definition) is 4. The highest BCUT2D eigenvalue weighted by molar-refractivity contribution is 7.89. The SMILES string of the molecule is CCCNc1ccc(S(=O)(=O)NCC2CCCN2C)cc1. The van der Waals surface area contributed by atoms with Crippen molar-refractivity contribution in [2.75, 3.05) is 32.0 Å². The van der Waals surface area contributed by atoms with Crippen molar-refractivity contribution in [1.29, 1.82) is 0 Å². The number of nitrogens with one attached hydrogen (secondary N) is 2. The zero-order valence-corrected chi connectivity index (χ0v) is 13.6. The molecular weight excluding hydrogens is 286 g/mol. The molecule has 1 fully saturated rings. The molecule has 0 aromatic heterocycles. The zero-order valence-electron chi connectivity index (χ0n) is 12.8. The average molecular weight is 311 g/mol. The van der Waals surface area contributed by atoms with Crippen molar-refractivity contribution in [2.24, 2.45) is 0 Å². The molecule has 1 aromatic carbocycles. The maximum absolute atomic E-state index is 12.3. The quantitative estimate of drug-likeness (QED) is 0.807. The topological polar surface area (TPSA) is 61.4 Å². The predicted molar refractivity (Wildman–Crippen MR) is 86.1 cm³/mol. The van der Waals surface area contributed by atoms with E-state index >= 15 is 0 Å². The zero-order chi connectivity index (χ0) is 15.3. The third-order valence-electron chi connectivity index (χ3n) is 3.92. The molecule has 0 bridgehead atoms. The number of likely N-dealkylation sites (tertiary alicyclic amines) is 1. The molecule has 2 rings (SSSR count). The molecular formula is C15H25N3O2S. The standard InChI is InChI=1S/C15H25N3O2S/c1-3-10-16-13-6-8-15(9-7-13)21(19,20)17-12-14-5-4-11-18(14)2/h6-9,14,16-17H,3-5,10-12H2,1-2H3. The van der Waals surface area contributed by atoms with E-state index in [0.717, 1.165) is 38.0 Å². The normalized spacial score (nSPS) is 19.8. The summed E-state index contributed by atoms with van der Waals surface area (Å²) in [6.07, 6.45) is 3.23. The van der Waals surface area contributed by atoms with E-state index in [4.69, 9.17) is 0 Å². The van der Waals surface area contributed by atoms with Crippen molar-refractivity contribution in [3.05, 3.63) is 24.3 Å². The first-order chi connectivity index (χ1) is 10.0. The lowest BCUT2D eigenvalue weighted by molar-refractivity contribution is 0.311. The molecule has 1 aliphatic heterocycles. The van der Waals surface area contributed by atoms with Crippen molar-refractivity contribution < 1.29 is 8.42 Å². The largest absolute Gasteiger partial charge is 0.385 e. The second-order valence-electron chi connectivity index (χ2n) is 5.58. The van der Waals surface area contributed by atoms with Crippen LogP contribution in [0.15, 0.2) is 29.2 Å². The van der Waals surface area contributed by atoms with Gasteiger partial charge in [0.15, 0.2) is 0 Å². The van der Waals surface area contributed by atoms with Crippen LogP contribution in [0.5, 0.6) is 0 Å². The maximum atomic E-state index is 12.3. The van der Waals surface area contributed by atoms with Crippen LogP contribution in [0.3, 0.4) is 0 Å². The Hall–Kier alpha value is -1.11. The van der Waals surface area contributed by atoms with Crippen LogP contribution in [-0.4, -0.2) is 46.0 Å². The van der Waals surface area contributed by atoms with Crippen LogP contribution in [-0.2, 0) is 10.0 Å². The van der Waals surface area contributed by atoms with Gasteiger partial charge in [0.05, 0.1) is 4.90 Å². The van der Waals surface area contributed by atoms with E-state index in [-0.39, 0.29) is 0 Å². The van der Waals surface area contributed by atoms with Gasteiger partial charge in [0.25, 0.3) is 0 Å². The first kappa shape index (κ1) is 16.3. The Morgan fingerprint density at radius 3 is 2.57 bits per heavy atom. The third-order valence-corrected chi connectivity index (χ3v) is 5.36. The summed E-state index contributed by atoms with van der Waals surface area (Å²) in [7, 11) is -1.37. The fraction of sp³-hybridized carbons (Fsp3) is 0.600. The van der Waals surface area contributed by atoms with Gasteiger partial charge in [-0.25, -0.2) is 13.1 Å². The van der Waals surface area contributed by atoms with Gasteiger partial charge in [-0.2, -0.15) is 0 Å². The highest BCUT2D eigenvalue weighted by atomic mass is 32.2. The summed E-state index contributed by atoms with van der Waals surface area (Å²) in [4.78, 5) is 2.53. The first-order valence-electron chi connectivity index (χ1n) is 7.57. The monoisotopic (exact) mass is 311 g/mol. The summed E-state index contributed by atoms with van der Waals surface area (Å²) in [5, 5.41) is 3.23. The maximum Gasteiger partial charge on any atom is 0.240 e. The van der Waals surface area contributed by atoms with Gasteiger partial charge in [-0.3, -0.25) is 0 Å². The fourth-order valence-electron chi connectivity index (χ4n) is 2.55. The minimum atomic E-state index is -3.41. The van der Waals surface area contributed by atoms with Gasteiger partial charge in [-0.1, -0.05) is 6.92 Å². The van der Waals surface area contributed by atoms with Gasteiger partial charge in [0.2, 0.25) is 10.0 Å². The van der Waals surface area contributed by atoms with Crippen LogP contribution in [0.1, 0.15) is 26.2 Å². The summed E-state index contributed by atoms with van der Waals surface area (Å²) in [6.45, 7) is 4.51. The summed E-state index contributed by atoms with van der Waals surface area (Å²) in [6, 6.07) is 7.24. The van der Waals surface area contributed by atoms with Crippen molar-refractivity contribution >= 4 is 15.7 Å². The molecule has 1 unspecified atom stereocenters. The Labute approximate surface area is 127 Å². The Balaban J connectivity index is 1.95. The summed E-state index contributed by atoms with van der Waals surface area (Å²) < 4.78 is 27.3. The van der Waals surface area contributed by atoms with E-state index in [1.165, 1.54) is 0 Å². The van der Waals surface area contributed by atoms with Crippen LogP contribution in [0, 0.1) is 0 Å². The lowest BCUT2D eigenvalue weighted by Gasteiger charge is -2.19. The second kappa shape index (κ2) is 7.24. The van der Waals surface area contributed by atoms with Crippen molar-refractivity contribution in [3.8, 4) is 0 Å². The van der Waals surface area contributed by atoms with Crippen LogP contribution < -0.4 is 10.0 Å². The molecule has 0 saturated carbocycles. The molecule has 1 heterocycles. The molecule has 1 aliphatic rings. The molecule has 0 spiro atoms. The molecule has 0 amide bonds. The lowest BCUT2D eigenvalue weighted by Crippen LogP contribution is -2.38. The minimum absolute atomic E-state index is 0.310. The number of hydrogen-bond donors (Lipinski definition) is 2. The summed E-state index contributed by atoms with van der Waals surface area (Å²) in [5.41, 5.74) is 0.950. The third kappa shape index (κ3) is 4.43. The van der Waals surface area contributed by atoms with Gasteiger partial charge < -0.3 is 10.2 Å². The number of nitrogens with zero attached hydrogens (tertiary/aromatic N) is 1. The van der Waals surface area contributed by atoms with E-state index in [2.05, 4.69) is 21.9 Å². The number of benzene rings is 1. The van der Waals surface area contributed by atoms with Crippen LogP contribution >= 0.6 is 0 Å². The lowest BCUT2D eigenvalue weighted by atomic mass is 10.2. The second-order valence-corrected chi connectivity index (χ2v) is 7.35. The van der Waals surface area contributed by atoms with Gasteiger partial charge >= 0.3 is 0 Å². The average Bonchev–Trinajstić information content (AvgIpc) is 2.89. The van der Waals surface area contributed by atoms with E-state index in [9.17, 15) is 8.42 Å². The molecule has 5 nitrogen and oxygen atoms in total. The molecule has 1 atom stereocenters. The van der Waals surface area contributed by atoms with Gasteiger partial charge in [0, 0.05) is 24.8 Å². The number of anilines is 1. The molecule has 1 aromatic rings. The minimum Gasteiger partial charge on any atom is -0.385 e. The van der Waals surface area contributed by atoms with E-state index in [1.807, 2.05) is 19.2 Å². The highest BCUT2D eigenvalue weighted by Gasteiger charge is 2.23. The fourth-order valence-corrected chi connectivity index (χ4v) is 3.62. The van der Waals surface area contributed by atoms with Gasteiger partial charge in [-0.15, -0.1) is 0 Å². The van der Waals surface area contributed by atoms with Gasteiger partial charge in [0.1, 0.15) is 0 Å². The van der Waals surface area contributed by atoms with Crippen LogP contribution in [0.25, 0.3) is 0 Å². The van der Waals surface area contributed by atoms with Gasteiger partial charge in [-0.05, 0) is 57.1 Å². The van der Waals surface area contributed by atoms with Crippen LogP contribution in [0.2, 0.25) is 0 Å². The van der Waals surface area contributed by atoms with Crippen molar-refractivity contribution in [2.45, 2.75) is 37.1 Å². The molecule has 2 N–H and O–H groups in total. The summed E-state index contributed by atoms with van der Waals surface area (Å²) >= 11 is 0. The molecule has 21 heavy (non-hydrogen) atoms. The van der Waals surface area contributed by atoms with Crippen LogP contribution in [0.4, 0.5) is 5.69 Å². The number of likely N-dealkylation sites (N-methyl/N-ethyl adjacent to an activating group) is 1. The molecule has 1 saturated heterocycles. The van der Waals surface area contributed by atoms with E-state index < -0.39 is 10.0 Å². The summed E-state index contributed by atoms with van der Waals surface area (Å²) in [5.74, 6) is 0. The highest BCUT2D eigenvalue weighted by Crippen LogP contribution is 2.16. The van der Waals surface area contributed by atoms with Crippen molar-refractivity contribution in [3.63, 3.8) is 0 Å². The Morgan fingerprint density at radius 1 is 1.29 bits per heavy atom. The molecule has 6 heteroatoms. The Morgan fingerprint density at radius 2 is 2.00 bits per heavy atom. The smallest absolute Gasteiger partial charge is 0.240 e. The first-order valence-corrected chi connectivity index (χ1v) is 9.05. The Bertz CT molecular complexity index is 543.